The number of aryl methyl sites for hydroxylation is 1. The number of hydrogen-bond acceptors (Lipinski definition) is 5. The summed E-state index contributed by atoms with van der Waals surface area (Å²) in [5.74, 6) is 0.696. The zero-order chi connectivity index (χ0) is 22.1. The molecule has 1 aliphatic heterocycles. The molecule has 3 aromatic rings. The van der Waals surface area contributed by atoms with Crippen LogP contribution in [0, 0.1) is 0 Å². The number of likely N-dealkylation sites (N-methyl/N-ethyl adjacent to an activating group) is 2. The molecule has 0 radical (unpaired) electrons. The summed E-state index contributed by atoms with van der Waals surface area (Å²) in [4.78, 5) is 4.13. The van der Waals surface area contributed by atoms with Crippen molar-refractivity contribution < 1.29 is 14.9 Å². The van der Waals surface area contributed by atoms with Gasteiger partial charge in [0.25, 0.3) is 0 Å². The first kappa shape index (κ1) is 22.1. The smallest absolute Gasteiger partial charge is 0.137 e. The van der Waals surface area contributed by atoms with Crippen molar-refractivity contribution in [3.05, 3.63) is 64.8 Å². The Morgan fingerprint density at radius 3 is 2.52 bits per heavy atom. The van der Waals surface area contributed by atoms with E-state index < -0.39 is 12.3 Å². The molecule has 6 nitrogen and oxygen atoms in total. The number of benzene rings is 2. The predicted molar refractivity (Wildman–Crippen MR) is 123 cm³/mol. The highest BCUT2D eigenvalue weighted by Crippen LogP contribution is 2.34. The lowest BCUT2D eigenvalue weighted by Gasteiger charge is -2.32. The molecule has 2 heterocycles. The highest BCUT2D eigenvalue weighted by molar-refractivity contribution is 6.30. The minimum Gasteiger partial charge on any atom is -0.487 e. The number of likely N-dealkylation sites (tertiary alicyclic amines) is 1. The summed E-state index contributed by atoms with van der Waals surface area (Å²) < 4.78 is 8.04. The summed E-state index contributed by atoms with van der Waals surface area (Å²) in [6.45, 7) is 2.14. The number of aliphatic hydroxyl groups excluding tert-OH is 2. The highest BCUT2D eigenvalue weighted by Gasteiger charge is 2.34. The second-order valence-corrected chi connectivity index (χ2v) is 8.84. The fourth-order valence-corrected chi connectivity index (χ4v) is 4.62. The maximum Gasteiger partial charge on any atom is 0.137 e. The van der Waals surface area contributed by atoms with Gasteiger partial charge in [-0.1, -0.05) is 29.8 Å². The lowest BCUT2D eigenvalue weighted by atomic mass is 10.0. The molecule has 1 aromatic heterocycles. The first-order valence-corrected chi connectivity index (χ1v) is 11.0. The Morgan fingerprint density at radius 1 is 1.13 bits per heavy atom. The number of fused-ring (bicyclic) bond motifs is 1. The van der Waals surface area contributed by atoms with Gasteiger partial charge in [-0.2, -0.15) is 0 Å². The van der Waals surface area contributed by atoms with Crippen LogP contribution < -0.4 is 4.74 Å². The van der Waals surface area contributed by atoms with Gasteiger partial charge in [0.15, 0.2) is 0 Å². The lowest BCUT2D eigenvalue weighted by molar-refractivity contribution is -0.0887. The number of aliphatic hydroxyl groups is 2. The van der Waals surface area contributed by atoms with Gasteiger partial charge in [-0.25, -0.2) is 0 Å². The van der Waals surface area contributed by atoms with E-state index >= 15 is 0 Å². The van der Waals surface area contributed by atoms with E-state index in [9.17, 15) is 10.2 Å². The van der Waals surface area contributed by atoms with E-state index in [-0.39, 0.29) is 12.6 Å². The van der Waals surface area contributed by atoms with Gasteiger partial charge < -0.3 is 24.4 Å². The molecule has 3 unspecified atom stereocenters. The molecule has 0 bridgehead atoms. The Kier molecular flexibility index (Phi) is 6.55. The Balaban J connectivity index is 1.65. The molecule has 1 fully saturated rings. The van der Waals surface area contributed by atoms with Gasteiger partial charge in [0.1, 0.15) is 24.7 Å². The average Bonchev–Trinajstić information content (AvgIpc) is 3.33. The quantitative estimate of drug-likeness (QED) is 0.548. The van der Waals surface area contributed by atoms with Crippen molar-refractivity contribution in [2.24, 2.45) is 7.05 Å². The maximum atomic E-state index is 11.3. The molecule has 7 heteroatoms. The van der Waals surface area contributed by atoms with E-state index in [4.69, 9.17) is 16.3 Å². The first-order chi connectivity index (χ1) is 14.9. The van der Waals surface area contributed by atoms with Crippen molar-refractivity contribution >= 4 is 22.5 Å². The molecule has 3 atom stereocenters. The van der Waals surface area contributed by atoms with Gasteiger partial charge in [0.05, 0.1) is 5.69 Å². The minimum absolute atomic E-state index is 0.207. The summed E-state index contributed by atoms with van der Waals surface area (Å²) >= 11 is 5.97. The Labute approximate surface area is 188 Å². The molecule has 0 aliphatic carbocycles. The van der Waals surface area contributed by atoms with Crippen molar-refractivity contribution in [3.63, 3.8) is 0 Å². The molecular weight excluding hydrogens is 414 g/mol. The van der Waals surface area contributed by atoms with Crippen molar-refractivity contribution in [2.45, 2.75) is 31.4 Å². The third-order valence-corrected chi connectivity index (χ3v) is 6.65. The lowest BCUT2D eigenvalue weighted by Crippen LogP contribution is -2.44. The fourth-order valence-electron chi connectivity index (χ4n) is 4.49. The number of para-hydroxylation sites is 1. The molecule has 1 saturated heterocycles. The molecule has 0 spiro atoms. The van der Waals surface area contributed by atoms with Crippen molar-refractivity contribution in [1.29, 1.82) is 0 Å². The summed E-state index contributed by atoms with van der Waals surface area (Å²) in [7, 11) is 5.92. The second kappa shape index (κ2) is 9.18. The van der Waals surface area contributed by atoms with Crippen LogP contribution in [0.15, 0.2) is 48.5 Å². The van der Waals surface area contributed by atoms with Crippen LogP contribution in [-0.2, 0) is 13.7 Å². The van der Waals surface area contributed by atoms with Gasteiger partial charge in [0, 0.05) is 41.1 Å². The van der Waals surface area contributed by atoms with Crippen molar-refractivity contribution in [1.82, 2.24) is 14.4 Å². The van der Waals surface area contributed by atoms with Gasteiger partial charge >= 0.3 is 0 Å². The fraction of sp³-hybridized carbons (Fsp3) is 0.417. The molecule has 0 amide bonds. The number of aromatic nitrogens is 1. The summed E-state index contributed by atoms with van der Waals surface area (Å²) in [5.41, 5.74) is 2.53. The van der Waals surface area contributed by atoms with E-state index in [1.165, 1.54) is 0 Å². The molecule has 0 saturated carbocycles. The van der Waals surface area contributed by atoms with Crippen LogP contribution in [0.5, 0.6) is 5.75 Å². The van der Waals surface area contributed by atoms with Gasteiger partial charge in [-0.3, -0.25) is 4.90 Å². The number of nitrogens with zero attached hydrogens (tertiary/aromatic N) is 3. The zero-order valence-corrected chi connectivity index (χ0v) is 19.0. The van der Waals surface area contributed by atoms with E-state index in [0.717, 1.165) is 36.1 Å². The number of rotatable bonds is 7. The number of hydrogen-bond donors (Lipinski definition) is 2. The molecule has 166 valence electrons. The largest absolute Gasteiger partial charge is 0.487 e. The van der Waals surface area contributed by atoms with E-state index in [1.807, 2.05) is 60.0 Å². The van der Waals surface area contributed by atoms with E-state index in [1.54, 1.807) is 12.1 Å². The summed E-state index contributed by atoms with van der Waals surface area (Å²) in [6, 6.07) is 15.3. The molecule has 31 heavy (non-hydrogen) atoms. The first-order valence-electron chi connectivity index (χ1n) is 10.6. The predicted octanol–water partition coefficient (Wildman–Crippen LogP) is 3.40. The SMILES string of the molecule is CN1CCC(N(C)C(O)C(O)c2c(COc3ccc(Cl)cc3)n(C)c3ccccc23)C1. The molecule has 4 rings (SSSR count). The van der Waals surface area contributed by atoms with E-state index in [2.05, 4.69) is 11.9 Å². The third kappa shape index (κ3) is 4.45. The zero-order valence-electron chi connectivity index (χ0n) is 18.2. The number of halogens is 1. The standard InChI is InChI=1S/C24H30ClN3O3/c1-26-13-12-17(14-26)27(2)24(30)23(29)22-19-6-4-5-7-20(19)28(3)21(22)15-31-18-10-8-16(25)9-11-18/h4-11,17,23-24,29-30H,12-15H2,1-3H3. The van der Waals surface area contributed by atoms with Gasteiger partial charge in [-0.15, -0.1) is 0 Å². The van der Waals surface area contributed by atoms with Crippen LogP contribution in [0.1, 0.15) is 23.8 Å². The third-order valence-electron chi connectivity index (χ3n) is 6.40. The summed E-state index contributed by atoms with van der Waals surface area (Å²) in [5, 5.41) is 24.0. The molecule has 1 aliphatic rings. The summed E-state index contributed by atoms with van der Waals surface area (Å²) in [6.07, 6.45) is -1.11. The van der Waals surface area contributed by atoms with Crippen LogP contribution >= 0.6 is 11.6 Å². The minimum atomic E-state index is -1.06. The van der Waals surface area contributed by atoms with Crippen LogP contribution in [0.4, 0.5) is 0 Å². The van der Waals surface area contributed by atoms with E-state index in [0.29, 0.717) is 16.3 Å². The highest BCUT2D eigenvalue weighted by atomic mass is 35.5. The van der Waals surface area contributed by atoms with Crippen LogP contribution in [-0.4, -0.2) is 64.0 Å². The molecule has 2 N–H and O–H groups in total. The van der Waals surface area contributed by atoms with Gasteiger partial charge in [0.2, 0.25) is 0 Å². The second-order valence-electron chi connectivity index (χ2n) is 8.41. The monoisotopic (exact) mass is 443 g/mol. The molecular formula is C24H30ClN3O3. The molecule has 2 aromatic carbocycles. The van der Waals surface area contributed by atoms with Crippen LogP contribution in [0.25, 0.3) is 10.9 Å². The normalized spacial score (nSPS) is 19.3. The van der Waals surface area contributed by atoms with Crippen LogP contribution in [0.2, 0.25) is 5.02 Å². The number of ether oxygens (including phenoxy) is 1. The average molecular weight is 444 g/mol. The Morgan fingerprint density at radius 2 is 1.84 bits per heavy atom. The topological polar surface area (TPSA) is 61.1 Å². The Hall–Kier alpha value is -2.09. The van der Waals surface area contributed by atoms with Gasteiger partial charge in [-0.05, 0) is 57.4 Å². The Bertz CT molecular complexity index is 1040. The van der Waals surface area contributed by atoms with Crippen LogP contribution in [0.3, 0.4) is 0 Å². The maximum absolute atomic E-state index is 11.3. The van der Waals surface area contributed by atoms with Crippen molar-refractivity contribution in [3.8, 4) is 5.75 Å². The van der Waals surface area contributed by atoms with Crippen molar-refractivity contribution in [2.75, 3.05) is 27.2 Å².